The second-order valence-electron chi connectivity index (χ2n) is 11.3. The maximum atomic E-state index is 12.5. The van der Waals surface area contributed by atoms with Crippen LogP contribution in [0.2, 0.25) is 0 Å². The van der Waals surface area contributed by atoms with Gasteiger partial charge in [-0.15, -0.1) is 0 Å². The molecular weight excluding hydrogens is 456 g/mol. The Hall–Kier alpha value is -2.64. The van der Waals surface area contributed by atoms with Gasteiger partial charge in [-0.2, -0.15) is 0 Å². The van der Waals surface area contributed by atoms with Gasteiger partial charge < -0.3 is 24.2 Å². The third-order valence-electron chi connectivity index (χ3n) is 6.61. The molecule has 0 unspecified atom stereocenters. The summed E-state index contributed by atoms with van der Waals surface area (Å²) < 4.78 is 17.0. The zero-order valence-electron chi connectivity index (χ0n) is 22.9. The third kappa shape index (κ3) is 7.20. The Labute approximate surface area is 215 Å². The number of carboxylic acids is 1. The number of piperidine rings is 1. The van der Waals surface area contributed by atoms with Gasteiger partial charge in [-0.1, -0.05) is 26.0 Å². The quantitative estimate of drug-likeness (QED) is 0.400. The first-order chi connectivity index (χ1) is 16.9. The zero-order chi connectivity index (χ0) is 26.5. The molecule has 0 spiro atoms. The molecule has 1 aliphatic rings. The summed E-state index contributed by atoms with van der Waals surface area (Å²) in [6.07, 6.45) is 3.62. The number of methoxy groups -OCH3 is 1. The molecular formula is C29H42N2O5. The van der Waals surface area contributed by atoms with Crippen molar-refractivity contribution < 1.29 is 24.1 Å². The highest BCUT2D eigenvalue weighted by atomic mass is 16.5. The van der Waals surface area contributed by atoms with Gasteiger partial charge in [0.2, 0.25) is 0 Å². The highest BCUT2D eigenvalue weighted by molar-refractivity contribution is 5.86. The van der Waals surface area contributed by atoms with Crippen molar-refractivity contribution in [2.24, 2.45) is 5.41 Å². The van der Waals surface area contributed by atoms with Crippen LogP contribution >= 0.6 is 0 Å². The van der Waals surface area contributed by atoms with E-state index in [1.807, 2.05) is 58.2 Å². The molecule has 1 fully saturated rings. The molecule has 1 aromatic heterocycles. The average molecular weight is 499 g/mol. The molecule has 1 atom stereocenters. The number of anilines is 1. The number of carbonyl (C=O) groups is 1. The number of aliphatic carboxylic acids is 1. The smallest absolute Gasteiger partial charge is 0.337 e. The van der Waals surface area contributed by atoms with Crippen LogP contribution in [0.25, 0.3) is 11.1 Å². The summed E-state index contributed by atoms with van der Waals surface area (Å²) in [6, 6.07) is 7.93. The Morgan fingerprint density at radius 2 is 1.78 bits per heavy atom. The zero-order valence-corrected chi connectivity index (χ0v) is 22.9. The van der Waals surface area contributed by atoms with Crippen molar-refractivity contribution in [3.8, 4) is 16.9 Å². The largest absolute Gasteiger partial charge is 0.494 e. The Bertz CT molecular complexity index is 1020. The van der Waals surface area contributed by atoms with Gasteiger partial charge in [0.15, 0.2) is 6.10 Å². The van der Waals surface area contributed by atoms with E-state index in [-0.39, 0.29) is 5.41 Å². The average Bonchev–Trinajstić information content (AvgIpc) is 2.80. The summed E-state index contributed by atoms with van der Waals surface area (Å²) in [5, 5.41) is 10.2. The summed E-state index contributed by atoms with van der Waals surface area (Å²) in [4.78, 5) is 19.5. The molecule has 7 heteroatoms. The fourth-order valence-corrected chi connectivity index (χ4v) is 4.52. The molecule has 0 amide bonds. The summed E-state index contributed by atoms with van der Waals surface area (Å²) >= 11 is 0. The normalized spacial score (nSPS) is 16.6. The number of carboxylic acid groups (broad SMARTS) is 1. The minimum absolute atomic E-state index is 0.259. The van der Waals surface area contributed by atoms with Gasteiger partial charge in [0, 0.05) is 56.2 Å². The Balaban J connectivity index is 2.07. The molecule has 3 rings (SSSR count). The maximum Gasteiger partial charge on any atom is 0.337 e. The van der Waals surface area contributed by atoms with Crippen LogP contribution in [-0.4, -0.2) is 55.1 Å². The number of hydrogen-bond acceptors (Lipinski definition) is 6. The number of aromatic nitrogens is 1. The van der Waals surface area contributed by atoms with Crippen molar-refractivity contribution in [3.63, 3.8) is 0 Å². The molecule has 1 aliphatic heterocycles. The number of ether oxygens (including phenoxy) is 3. The van der Waals surface area contributed by atoms with Crippen LogP contribution in [0, 0.1) is 12.3 Å². The first-order valence-electron chi connectivity index (χ1n) is 12.8. The number of benzene rings is 1. The van der Waals surface area contributed by atoms with E-state index in [9.17, 15) is 9.90 Å². The van der Waals surface area contributed by atoms with Crippen LogP contribution in [0.4, 0.5) is 5.69 Å². The van der Waals surface area contributed by atoms with Crippen LogP contribution in [0.5, 0.6) is 5.75 Å². The first-order valence-corrected chi connectivity index (χ1v) is 12.8. The van der Waals surface area contributed by atoms with Crippen LogP contribution < -0.4 is 9.64 Å². The predicted molar refractivity (Wildman–Crippen MR) is 143 cm³/mol. The van der Waals surface area contributed by atoms with Crippen LogP contribution in [0.3, 0.4) is 0 Å². The van der Waals surface area contributed by atoms with E-state index in [0.29, 0.717) is 24.5 Å². The second-order valence-corrected chi connectivity index (χ2v) is 11.3. The second kappa shape index (κ2) is 11.6. The summed E-state index contributed by atoms with van der Waals surface area (Å²) in [6.45, 7) is 15.0. The number of rotatable bonds is 10. The number of nitrogens with zero attached hydrogens (tertiary/aromatic N) is 2. The SMILES string of the molecule is COCCCOc1ccc(-c2cnc(C)c([C@H](OC(C)(C)C)C(=O)O)c2N2CCC(C)(C)CC2)cc1. The van der Waals surface area contributed by atoms with Gasteiger partial charge in [-0.05, 0) is 63.6 Å². The maximum absolute atomic E-state index is 12.5. The molecule has 0 radical (unpaired) electrons. The fourth-order valence-electron chi connectivity index (χ4n) is 4.52. The lowest BCUT2D eigenvalue weighted by Gasteiger charge is -2.41. The molecule has 1 N–H and O–H groups in total. The number of pyridine rings is 1. The molecule has 2 aromatic rings. The third-order valence-corrected chi connectivity index (χ3v) is 6.61. The molecule has 1 saturated heterocycles. The fraction of sp³-hybridized carbons (Fsp3) is 0.586. The Morgan fingerprint density at radius 3 is 2.33 bits per heavy atom. The number of aryl methyl sites for hydroxylation is 1. The molecule has 0 aliphatic carbocycles. The lowest BCUT2D eigenvalue weighted by molar-refractivity contribution is -0.160. The molecule has 0 saturated carbocycles. The van der Waals surface area contributed by atoms with E-state index >= 15 is 0 Å². The Kier molecular flexibility index (Phi) is 9.01. The highest BCUT2D eigenvalue weighted by Crippen LogP contribution is 2.43. The van der Waals surface area contributed by atoms with Gasteiger partial charge in [0.05, 0.1) is 17.9 Å². The Morgan fingerprint density at radius 1 is 1.14 bits per heavy atom. The van der Waals surface area contributed by atoms with Crippen molar-refractivity contribution in [3.05, 3.63) is 41.7 Å². The van der Waals surface area contributed by atoms with Gasteiger partial charge in [-0.25, -0.2) is 4.79 Å². The van der Waals surface area contributed by atoms with Crippen molar-refractivity contribution in [1.29, 1.82) is 0 Å². The molecule has 198 valence electrons. The predicted octanol–water partition coefficient (Wildman–Crippen LogP) is 6.04. The standard InChI is InChI=1S/C29H42N2O5/c1-20-24(26(27(32)33)36-28(2,3)4)25(31-15-13-29(5,6)14-16-31)23(19-30-20)21-9-11-22(12-10-21)35-18-8-17-34-7/h9-12,19,26H,8,13-18H2,1-7H3,(H,32,33)/t26-/m0/s1. The topological polar surface area (TPSA) is 81.1 Å². The molecule has 0 bridgehead atoms. The minimum atomic E-state index is -1.12. The first kappa shape index (κ1) is 27.9. The van der Waals surface area contributed by atoms with E-state index in [0.717, 1.165) is 54.9 Å². The van der Waals surface area contributed by atoms with Crippen molar-refractivity contribution >= 4 is 11.7 Å². The van der Waals surface area contributed by atoms with E-state index in [1.54, 1.807) is 7.11 Å². The van der Waals surface area contributed by atoms with Crippen LogP contribution in [0.1, 0.15) is 71.2 Å². The van der Waals surface area contributed by atoms with Gasteiger partial charge in [0.25, 0.3) is 0 Å². The molecule has 2 heterocycles. The lowest BCUT2D eigenvalue weighted by atomic mass is 9.82. The highest BCUT2D eigenvalue weighted by Gasteiger charge is 2.35. The summed E-state index contributed by atoms with van der Waals surface area (Å²) in [5.74, 6) is -0.221. The molecule has 7 nitrogen and oxygen atoms in total. The van der Waals surface area contributed by atoms with Crippen LogP contribution in [-0.2, 0) is 14.3 Å². The van der Waals surface area contributed by atoms with E-state index in [2.05, 4.69) is 23.7 Å². The molecule has 1 aromatic carbocycles. The molecule has 36 heavy (non-hydrogen) atoms. The summed E-state index contributed by atoms with van der Waals surface area (Å²) in [7, 11) is 1.68. The minimum Gasteiger partial charge on any atom is -0.494 e. The van der Waals surface area contributed by atoms with Gasteiger partial charge in [0.1, 0.15) is 5.75 Å². The van der Waals surface area contributed by atoms with Gasteiger partial charge >= 0.3 is 5.97 Å². The van der Waals surface area contributed by atoms with Gasteiger partial charge in [-0.3, -0.25) is 4.98 Å². The van der Waals surface area contributed by atoms with E-state index in [4.69, 9.17) is 14.2 Å². The van der Waals surface area contributed by atoms with Crippen LogP contribution in [0.15, 0.2) is 30.5 Å². The van der Waals surface area contributed by atoms with E-state index < -0.39 is 17.7 Å². The number of hydrogen-bond donors (Lipinski definition) is 1. The van der Waals surface area contributed by atoms with Crippen molar-refractivity contribution in [2.75, 3.05) is 38.3 Å². The monoisotopic (exact) mass is 498 g/mol. The van der Waals surface area contributed by atoms with Crippen molar-refractivity contribution in [2.45, 2.75) is 72.5 Å². The summed E-state index contributed by atoms with van der Waals surface area (Å²) in [5.41, 5.74) is 3.72. The lowest BCUT2D eigenvalue weighted by Crippen LogP contribution is -2.39. The van der Waals surface area contributed by atoms with Crippen molar-refractivity contribution in [1.82, 2.24) is 4.98 Å². The van der Waals surface area contributed by atoms with E-state index in [1.165, 1.54) is 0 Å².